The highest BCUT2D eigenvalue weighted by molar-refractivity contribution is 4.99. The zero-order chi connectivity index (χ0) is 7.61. The van der Waals surface area contributed by atoms with Crippen molar-refractivity contribution in [2.45, 2.75) is 25.3 Å². The van der Waals surface area contributed by atoms with E-state index >= 15 is 0 Å². The number of likely N-dealkylation sites (N-methyl/N-ethyl adjacent to an activating group) is 1. The molecule has 0 aromatic carbocycles. The second-order valence-corrected chi connectivity index (χ2v) is 3.12. The normalized spacial score (nSPS) is 39.3. The average molecular weight is 145 g/mol. The maximum atomic E-state index is 8.28. The third-order valence-electron chi connectivity index (χ3n) is 2.79. The Bertz CT molecular complexity index is 114. The van der Waals surface area contributed by atoms with Crippen LogP contribution in [0.1, 0.15) is 19.8 Å². The minimum absolute atomic E-state index is 0.0503. The molecule has 2 N–H and O–H groups in total. The van der Waals surface area contributed by atoms with Crippen molar-refractivity contribution in [3.05, 3.63) is 0 Å². The summed E-state index contributed by atoms with van der Waals surface area (Å²) >= 11 is 0. The summed E-state index contributed by atoms with van der Waals surface area (Å²) < 4.78 is 0. The predicted molar refractivity (Wildman–Crippen MR) is 38.8 cm³/mol. The van der Waals surface area contributed by atoms with E-state index in [0.717, 1.165) is 6.42 Å². The third kappa shape index (κ3) is 1.05. The van der Waals surface area contributed by atoms with E-state index in [1.165, 1.54) is 6.42 Å². The predicted octanol–water partition coefficient (Wildman–Crippen LogP) is 0.864. The van der Waals surface area contributed by atoms with Gasteiger partial charge in [0.15, 0.2) is 0 Å². The Labute approximate surface area is 61.3 Å². The molecule has 3 heteroatoms. The number of rotatable bonds is 3. The molecule has 1 aliphatic carbocycles. The molecule has 1 fully saturated rings. The van der Waals surface area contributed by atoms with Crippen LogP contribution in [-0.2, 0) is 4.89 Å². The second-order valence-electron chi connectivity index (χ2n) is 3.12. The lowest BCUT2D eigenvalue weighted by Crippen LogP contribution is -2.58. The van der Waals surface area contributed by atoms with E-state index in [4.69, 9.17) is 5.26 Å². The van der Waals surface area contributed by atoms with Crippen molar-refractivity contribution in [3.8, 4) is 0 Å². The van der Waals surface area contributed by atoms with Crippen molar-refractivity contribution in [2.24, 2.45) is 5.92 Å². The molecular formula is C7H15NO2. The highest BCUT2D eigenvalue weighted by Gasteiger charge is 2.42. The third-order valence-corrected chi connectivity index (χ3v) is 2.79. The summed E-state index contributed by atoms with van der Waals surface area (Å²) in [5.41, 5.74) is 0.0503. The first kappa shape index (κ1) is 7.98. The molecule has 0 spiro atoms. The molecule has 0 bridgehead atoms. The fourth-order valence-electron chi connectivity index (χ4n) is 1.55. The van der Waals surface area contributed by atoms with E-state index in [1.807, 2.05) is 7.05 Å². The van der Waals surface area contributed by atoms with E-state index < -0.39 is 0 Å². The van der Waals surface area contributed by atoms with Gasteiger partial charge >= 0.3 is 0 Å². The monoisotopic (exact) mass is 145 g/mol. The highest BCUT2D eigenvalue weighted by Crippen LogP contribution is 2.37. The van der Waals surface area contributed by atoms with Gasteiger partial charge < -0.3 is 5.32 Å². The first-order chi connectivity index (χ1) is 4.75. The standard InChI is InChI=1S/C7H15NO2/c1-6-3-4-7(6,8-2)5-10-9/h6,8-9H,3-5H2,1-2H3. The molecule has 60 valence electrons. The maximum absolute atomic E-state index is 8.28. The molecule has 0 amide bonds. The molecule has 1 saturated carbocycles. The quantitative estimate of drug-likeness (QED) is 0.457. The molecular weight excluding hydrogens is 130 g/mol. The van der Waals surface area contributed by atoms with Crippen molar-refractivity contribution in [2.75, 3.05) is 13.7 Å². The largest absolute Gasteiger partial charge is 0.312 e. The number of hydrogen-bond donors (Lipinski definition) is 2. The van der Waals surface area contributed by atoms with Crippen LogP contribution in [0, 0.1) is 5.92 Å². The Balaban J connectivity index is 2.43. The van der Waals surface area contributed by atoms with Gasteiger partial charge in [-0.3, -0.25) is 5.26 Å². The highest BCUT2D eigenvalue weighted by atomic mass is 17.1. The molecule has 0 aliphatic heterocycles. The fraction of sp³-hybridized carbons (Fsp3) is 1.00. The first-order valence-electron chi connectivity index (χ1n) is 3.70. The molecule has 1 rings (SSSR count). The van der Waals surface area contributed by atoms with Gasteiger partial charge in [0, 0.05) is 5.54 Å². The van der Waals surface area contributed by atoms with Gasteiger partial charge in [-0.1, -0.05) is 6.92 Å². The molecule has 0 heterocycles. The van der Waals surface area contributed by atoms with Gasteiger partial charge in [-0.2, -0.15) is 0 Å². The zero-order valence-corrected chi connectivity index (χ0v) is 6.55. The number of nitrogens with one attached hydrogen (secondary N) is 1. The summed E-state index contributed by atoms with van der Waals surface area (Å²) in [7, 11) is 1.91. The summed E-state index contributed by atoms with van der Waals surface area (Å²) in [4.78, 5) is 4.15. The molecule has 0 radical (unpaired) electrons. The summed E-state index contributed by atoms with van der Waals surface area (Å²) in [6.07, 6.45) is 2.33. The topological polar surface area (TPSA) is 41.5 Å². The lowest BCUT2D eigenvalue weighted by atomic mass is 9.68. The van der Waals surface area contributed by atoms with Crippen LogP contribution in [0.25, 0.3) is 0 Å². The van der Waals surface area contributed by atoms with Gasteiger partial charge in [-0.05, 0) is 25.8 Å². The summed E-state index contributed by atoms with van der Waals surface area (Å²) in [5.74, 6) is 0.615. The lowest BCUT2D eigenvalue weighted by Gasteiger charge is -2.47. The summed E-state index contributed by atoms with van der Waals surface area (Å²) in [6.45, 7) is 2.57. The van der Waals surface area contributed by atoms with Crippen molar-refractivity contribution >= 4 is 0 Å². The average Bonchev–Trinajstić information content (AvgIpc) is 1.97. The lowest BCUT2D eigenvalue weighted by molar-refractivity contribution is -0.265. The molecule has 2 atom stereocenters. The van der Waals surface area contributed by atoms with Crippen LogP contribution in [0.5, 0.6) is 0 Å². The minimum Gasteiger partial charge on any atom is -0.312 e. The SMILES string of the molecule is CNC1(COO)CCC1C. The van der Waals surface area contributed by atoms with Crippen LogP contribution in [-0.4, -0.2) is 24.5 Å². The van der Waals surface area contributed by atoms with E-state index in [2.05, 4.69) is 17.1 Å². The van der Waals surface area contributed by atoms with Gasteiger partial charge in [0.1, 0.15) is 6.61 Å². The van der Waals surface area contributed by atoms with E-state index in [1.54, 1.807) is 0 Å². The van der Waals surface area contributed by atoms with Gasteiger partial charge in [0.25, 0.3) is 0 Å². The van der Waals surface area contributed by atoms with Gasteiger partial charge in [0.05, 0.1) is 0 Å². The molecule has 0 aromatic rings. The van der Waals surface area contributed by atoms with E-state index in [0.29, 0.717) is 12.5 Å². The van der Waals surface area contributed by atoms with Crippen molar-refractivity contribution in [3.63, 3.8) is 0 Å². The molecule has 1 aliphatic rings. The van der Waals surface area contributed by atoms with Crippen LogP contribution in [0.2, 0.25) is 0 Å². The summed E-state index contributed by atoms with van der Waals surface area (Å²) in [6, 6.07) is 0. The molecule has 0 saturated heterocycles. The van der Waals surface area contributed by atoms with Crippen molar-refractivity contribution < 1.29 is 10.1 Å². The van der Waals surface area contributed by atoms with E-state index in [-0.39, 0.29) is 5.54 Å². The van der Waals surface area contributed by atoms with Crippen LogP contribution in [0.15, 0.2) is 0 Å². The van der Waals surface area contributed by atoms with Gasteiger partial charge in [-0.15, -0.1) is 0 Å². The summed E-state index contributed by atoms with van der Waals surface area (Å²) in [5, 5.41) is 11.5. The van der Waals surface area contributed by atoms with Crippen molar-refractivity contribution in [1.29, 1.82) is 0 Å². The minimum atomic E-state index is 0.0503. The van der Waals surface area contributed by atoms with Crippen LogP contribution in [0.3, 0.4) is 0 Å². The first-order valence-corrected chi connectivity index (χ1v) is 3.70. The Kier molecular flexibility index (Phi) is 2.28. The Morgan fingerprint density at radius 1 is 1.80 bits per heavy atom. The van der Waals surface area contributed by atoms with Crippen molar-refractivity contribution in [1.82, 2.24) is 5.32 Å². The smallest absolute Gasteiger partial charge is 0.100 e. The molecule has 2 unspecified atom stereocenters. The molecule has 0 aromatic heterocycles. The number of hydrogen-bond acceptors (Lipinski definition) is 3. The van der Waals surface area contributed by atoms with Crippen LogP contribution < -0.4 is 5.32 Å². The van der Waals surface area contributed by atoms with Crippen LogP contribution in [0.4, 0.5) is 0 Å². The van der Waals surface area contributed by atoms with Crippen LogP contribution >= 0.6 is 0 Å². The Morgan fingerprint density at radius 3 is 2.60 bits per heavy atom. The molecule has 10 heavy (non-hydrogen) atoms. The molecule has 3 nitrogen and oxygen atoms in total. The maximum Gasteiger partial charge on any atom is 0.100 e. The Morgan fingerprint density at radius 2 is 2.50 bits per heavy atom. The van der Waals surface area contributed by atoms with Gasteiger partial charge in [-0.25, -0.2) is 4.89 Å². The second kappa shape index (κ2) is 2.86. The van der Waals surface area contributed by atoms with Gasteiger partial charge in [0.2, 0.25) is 0 Å². The van der Waals surface area contributed by atoms with E-state index in [9.17, 15) is 0 Å². The Hall–Kier alpha value is -0.120. The fourth-order valence-corrected chi connectivity index (χ4v) is 1.55. The zero-order valence-electron chi connectivity index (χ0n) is 6.55.